The van der Waals surface area contributed by atoms with Crippen molar-refractivity contribution in [3.05, 3.63) is 42.2 Å². The van der Waals surface area contributed by atoms with E-state index < -0.39 is 0 Å². The van der Waals surface area contributed by atoms with Crippen molar-refractivity contribution in [3.63, 3.8) is 0 Å². The van der Waals surface area contributed by atoms with Crippen LogP contribution in [-0.2, 0) is 4.79 Å². The maximum atomic E-state index is 12.7. The van der Waals surface area contributed by atoms with Gasteiger partial charge in [0.05, 0.1) is 6.54 Å². The summed E-state index contributed by atoms with van der Waals surface area (Å²) in [7, 11) is 0. The number of carbonyl (C=O) groups is 1. The number of anilines is 1. The third-order valence-electron chi connectivity index (χ3n) is 5.07. The molecular weight excluding hydrogens is 344 g/mol. The van der Waals surface area contributed by atoms with Gasteiger partial charge in [0.15, 0.2) is 5.82 Å². The van der Waals surface area contributed by atoms with E-state index in [1.807, 2.05) is 23.1 Å². The van der Waals surface area contributed by atoms with Gasteiger partial charge in [-0.2, -0.15) is 4.98 Å². The monoisotopic (exact) mass is 368 g/mol. The Morgan fingerprint density at radius 3 is 2.67 bits per heavy atom. The van der Waals surface area contributed by atoms with Gasteiger partial charge in [0.1, 0.15) is 5.82 Å². The summed E-state index contributed by atoms with van der Waals surface area (Å²) in [5.74, 6) is 2.43. The molecule has 0 spiro atoms. The number of hydrogen-bond acceptors (Lipinski definition) is 7. The van der Waals surface area contributed by atoms with Gasteiger partial charge in [-0.25, -0.2) is 4.98 Å². The minimum Gasteiger partial charge on any atom is -0.353 e. The minimum absolute atomic E-state index is 0.197. The van der Waals surface area contributed by atoms with Crippen LogP contribution in [0.1, 0.15) is 18.1 Å². The lowest BCUT2D eigenvalue weighted by molar-refractivity contribution is -0.132. The molecule has 2 aliphatic heterocycles. The molecule has 0 atom stereocenters. The zero-order valence-electron chi connectivity index (χ0n) is 15.5. The standard InChI is InChI=1S/C19H24N6O2/c1-15-21-19(22-27-15)16-5-8-23(9-6-16)14-18(26)25-12-10-24(11-13-25)17-4-2-3-7-20-17/h2-5,7H,6,8-14H2,1H3. The highest BCUT2D eigenvalue weighted by molar-refractivity contribution is 5.78. The Morgan fingerprint density at radius 1 is 1.19 bits per heavy atom. The van der Waals surface area contributed by atoms with Crippen LogP contribution in [0.25, 0.3) is 5.57 Å². The van der Waals surface area contributed by atoms with E-state index in [0.29, 0.717) is 18.3 Å². The molecule has 1 amide bonds. The van der Waals surface area contributed by atoms with Crippen molar-refractivity contribution >= 4 is 17.3 Å². The number of carbonyl (C=O) groups excluding carboxylic acids is 1. The van der Waals surface area contributed by atoms with E-state index in [9.17, 15) is 4.79 Å². The first-order valence-electron chi connectivity index (χ1n) is 9.35. The topological polar surface area (TPSA) is 78.6 Å². The highest BCUT2D eigenvalue weighted by atomic mass is 16.5. The van der Waals surface area contributed by atoms with Crippen LogP contribution in [0.15, 0.2) is 35.0 Å². The molecule has 27 heavy (non-hydrogen) atoms. The van der Waals surface area contributed by atoms with Crippen molar-refractivity contribution < 1.29 is 9.32 Å². The molecule has 0 unspecified atom stereocenters. The summed E-state index contributed by atoms with van der Waals surface area (Å²) in [6, 6.07) is 5.93. The first-order chi connectivity index (χ1) is 13.2. The van der Waals surface area contributed by atoms with Gasteiger partial charge in [-0.05, 0) is 24.1 Å². The highest BCUT2D eigenvalue weighted by Crippen LogP contribution is 2.20. The van der Waals surface area contributed by atoms with Crippen LogP contribution in [0.5, 0.6) is 0 Å². The Bertz CT molecular complexity index is 811. The van der Waals surface area contributed by atoms with E-state index in [2.05, 4.69) is 31.0 Å². The third-order valence-corrected chi connectivity index (χ3v) is 5.07. The van der Waals surface area contributed by atoms with E-state index in [4.69, 9.17) is 4.52 Å². The molecule has 1 fully saturated rings. The zero-order valence-corrected chi connectivity index (χ0v) is 15.5. The summed E-state index contributed by atoms with van der Waals surface area (Å²) in [6.07, 6.45) is 4.74. The maximum Gasteiger partial charge on any atom is 0.236 e. The number of pyridine rings is 1. The lowest BCUT2D eigenvalue weighted by atomic mass is 10.1. The first kappa shape index (κ1) is 17.7. The number of rotatable bonds is 4. The summed E-state index contributed by atoms with van der Waals surface area (Å²) >= 11 is 0. The molecule has 1 saturated heterocycles. The van der Waals surface area contributed by atoms with Crippen molar-refractivity contribution in [2.24, 2.45) is 0 Å². The van der Waals surface area contributed by atoms with Crippen molar-refractivity contribution in [1.82, 2.24) is 24.9 Å². The molecule has 4 heterocycles. The summed E-state index contributed by atoms with van der Waals surface area (Å²) < 4.78 is 5.04. The fourth-order valence-electron chi connectivity index (χ4n) is 3.50. The average Bonchev–Trinajstić information content (AvgIpc) is 3.16. The fourth-order valence-corrected chi connectivity index (χ4v) is 3.50. The molecule has 2 aromatic rings. The Labute approximate surface area is 158 Å². The van der Waals surface area contributed by atoms with Gasteiger partial charge in [0, 0.05) is 52.4 Å². The second-order valence-electron chi connectivity index (χ2n) is 6.91. The van der Waals surface area contributed by atoms with Crippen LogP contribution in [0.2, 0.25) is 0 Å². The minimum atomic E-state index is 0.197. The molecule has 0 aromatic carbocycles. The Hall–Kier alpha value is -2.74. The third kappa shape index (κ3) is 4.16. The van der Waals surface area contributed by atoms with E-state index in [-0.39, 0.29) is 5.91 Å². The summed E-state index contributed by atoms with van der Waals surface area (Å²) in [5, 5.41) is 3.97. The molecule has 0 N–H and O–H groups in total. The van der Waals surface area contributed by atoms with E-state index in [1.54, 1.807) is 13.1 Å². The average molecular weight is 368 g/mol. The largest absolute Gasteiger partial charge is 0.353 e. The molecule has 8 heteroatoms. The van der Waals surface area contributed by atoms with Gasteiger partial charge >= 0.3 is 0 Å². The van der Waals surface area contributed by atoms with E-state index in [1.165, 1.54) is 0 Å². The maximum absolute atomic E-state index is 12.7. The number of aryl methyl sites for hydroxylation is 1. The van der Waals surface area contributed by atoms with Crippen molar-refractivity contribution in [1.29, 1.82) is 0 Å². The van der Waals surface area contributed by atoms with Gasteiger partial charge < -0.3 is 14.3 Å². The Kier molecular flexibility index (Phi) is 5.15. The fraction of sp³-hybridized carbons (Fsp3) is 0.474. The molecule has 2 aliphatic rings. The van der Waals surface area contributed by atoms with Gasteiger partial charge in [0.25, 0.3) is 0 Å². The molecule has 0 aliphatic carbocycles. The van der Waals surface area contributed by atoms with Crippen LogP contribution in [0.3, 0.4) is 0 Å². The lowest BCUT2D eigenvalue weighted by Crippen LogP contribution is -2.51. The van der Waals surface area contributed by atoms with Gasteiger partial charge in [-0.15, -0.1) is 0 Å². The number of amides is 1. The van der Waals surface area contributed by atoms with Crippen molar-refractivity contribution in [2.75, 3.05) is 50.7 Å². The van der Waals surface area contributed by atoms with Gasteiger partial charge in [-0.3, -0.25) is 9.69 Å². The zero-order chi connectivity index (χ0) is 18.6. The van der Waals surface area contributed by atoms with Crippen LogP contribution in [-0.4, -0.2) is 76.6 Å². The Balaban J connectivity index is 1.26. The molecule has 0 saturated carbocycles. The molecular formula is C19H24N6O2. The van der Waals surface area contributed by atoms with Crippen LogP contribution in [0.4, 0.5) is 5.82 Å². The molecule has 0 bridgehead atoms. The summed E-state index contributed by atoms with van der Waals surface area (Å²) in [5.41, 5.74) is 1.10. The molecule has 142 valence electrons. The van der Waals surface area contributed by atoms with Gasteiger partial charge in [-0.1, -0.05) is 17.3 Å². The second-order valence-corrected chi connectivity index (χ2v) is 6.91. The van der Waals surface area contributed by atoms with Crippen LogP contribution < -0.4 is 4.90 Å². The normalized spacial score (nSPS) is 18.5. The summed E-state index contributed by atoms with van der Waals surface area (Å²) in [4.78, 5) is 27.7. The van der Waals surface area contributed by atoms with Crippen molar-refractivity contribution in [2.45, 2.75) is 13.3 Å². The predicted molar refractivity (Wildman–Crippen MR) is 101 cm³/mol. The molecule has 4 rings (SSSR count). The first-order valence-corrected chi connectivity index (χ1v) is 9.35. The molecule has 8 nitrogen and oxygen atoms in total. The number of aromatic nitrogens is 3. The number of nitrogens with zero attached hydrogens (tertiary/aromatic N) is 6. The van der Waals surface area contributed by atoms with E-state index >= 15 is 0 Å². The molecule has 2 aromatic heterocycles. The smallest absolute Gasteiger partial charge is 0.236 e. The Morgan fingerprint density at radius 2 is 2.04 bits per heavy atom. The van der Waals surface area contributed by atoms with Crippen LogP contribution >= 0.6 is 0 Å². The quantitative estimate of drug-likeness (QED) is 0.803. The predicted octanol–water partition coefficient (Wildman–Crippen LogP) is 1.21. The number of hydrogen-bond donors (Lipinski definition) is 0. The second kappa shape index (κ2) is 7.87. The number of piperazine rings is 1. The van der Waals surface area contributed by atoms with Crippen LogP contribution in [0, 0.1) is 6.92 Å². The van der Waals surface area contributed by atoms with Gasteiger partial charge in [0.2, 0.25) is 11.8 Å². The SMILES string of the molecule is Cc1nc(C2=CCN(CC(=O)N3CCN(c4ccccn4)CC3)CC2)no1. The van der Waals surface area contributed by atoms with E-state index in [0.717, 1.165) is 57.1 Å². The molecule has 0 radical (unpaired) electrons. The lowest BCUT2D eigenvalue weighted by Gasteiger charge is -2.36. The highest BCUT2D eigenvalue weighted by Gasteiger charge is 2.24. The summed E-state index contributed by atoms with van der Waals surface area (Å²) in [6.45, 7) is 6.95. The van der Waals surface area contributed by atoms with Crippen molar-refractivity contribution in [3.8, 4) is 0 Å².